The highest BCUT2D eigenvalue weighted by Crippen LogP contribution is 2.49. The molecule has 0 spiro atoms. The van der Waals surface area contributed by atoms with Crippen LogP contribution in [0.4, 0.5) is 0 Å². The summed E-state index contributed by atoms with van der Waals surface area (Å²) in [4.78, 5) is 0. The Balaban J connectivity index is 2.58. The van der Waals surface area contributed by atoms with E-state index in [0.29, 0.717) is 25.8 Å². The standard InChI is InChI=1S/C16H29O4P/c1-5-7-10-18-21(17,19-11-8-6-2)12-9-16-13-14(3)20-15(16)4/h13H,5-12H2,1-4H3. The molecule has 0 saturated heterocycles. The minimum Gasteiger partial charge on any atom is -0.466 e. The lowest BCUT2D eigenvalue weighted by Gasteiger charge is -2.18. The molecule has 0 N–H and O–H groups in total. The summed E-state index contributed by atoms with van der Waals surface area (Å²) in [5.74, 6) is 1.78. The second-order valence-corrected chi connectivity index (χ2v) is 7.58. The molecule has 1 aromatic rings. The van der Waals surface area contributed by atoms with Crippen LogP contribution in [0.15, 0.2) is 10.5 Å². The Morgan fingerprint density at radius 2 is 1.67 bits per heavy atom. The fraction of sp³-hybridized carbons (Fsp3) is 0.750. The van der Waals surface area contributed by atoms with Crippen LogP contribution in [0.25, 0.3) is 0 Å². The average Bonchev–Trinajstić information content (AvgIpc) is 2.76. The van der Waals surface area contributed by atoms with Gasteiger partial charge in [-0.3, -0.25) is 4.57 Å². The number of hydrogen-bond acceptors (Lipinski definition) is 4. The maximum absolute atomic E-state index is 12.8. The summed E-state index contributed by atoms with van der Waals surface area (Å²) >= 11 is 0. The summed E-state index contributed by atoms with van der Waals surface area (Å²) in [6.07, 6.45) is 4.94. The normalized spacial score (nSPS) is 12.0. The van der Waals surface area contributed by atoms with Gasteiger partial charge in [-0.1, -0.05) is 26.7 Å². The zero-order valence-corrected chi connectivity index (χ0v) is 14.7. The van der Waals surface area contributed by atoms with Crippen molar-refractivity contribution >= 4 is 7.60 Å². The van der Waals surface area contributed by atoms with Gasteiger partial charge in [-0.05, 0) is 44.7 Å². The second kappa shape index (κ2) is 9.45. The topological polar surface area (TPSA) is 48.7 Å². The third-order valence-corrected chi connectivity index (χ3v) is 5.29. The van der Waals surface area contributed by atoms with E-state index in [0.717, 1.165) is 42.8 Å². The first kappa shape index (κ1) is 18.5. The smallest absolute Gasteiger partial charge is 0.331 e. The van der Waals surface area contributed by atoms with Crippen LogP contribution in [0.1, 0.15) is 56.6 Å². The Hall–Kier alpha value is -0.570. The van der Waals surface area contributed by atoms with Crippen molar-refractivity contribution in [3.63, 3.8) is 0 Å². The van der Waals surface area contributed by atoms with E-state index in [4.69, 9.17) is 13.5 Å². The molecule has 0 fully saturated rings. The minimum atomic E-state index is -3.00. The number of furan rings is 1. The molecule has 1 aromatic heterocycles. The predicted octanol–water partition coefficient (Wildman–Crippen LogP) is 5.27. The van der Waals surface area contributed by atoms with Gasteiger partial charge in [-0.25, -0.2) is 0 Å². The van der Waals surface area contributed by atoms with Gasteiger partial charge in [0.25, 0.3) is 0 Å². The van der Waals surface area contributed by atoms with Crippen molar-refractivity contribution in [3.8, 4) is 0 Å². The zero-order valence-electron chi connectivity index (χ0n) is 13.8. The van der Waals surface area contributed by atoms with Crippen LogP contribution >= 0.6 is 7.60 Å². The second-order valence-electron chi connectivity index (χ2n) is 5.40. The van der Waals surface area contributed by atoms with E-state index in [-0.39, 0.29) is 0 Å². The van der Waals surface area contributed by atoms with Gasteiger partial charge < -0.3 is 13.5 Å². The first-order valence-electron chi connectivity index (χ1n) is 7.94. The molecule has 0 aromatic carbocycles. The van der Waals surface area contributed by atoms with Gasteiger partial charge in [0.1, 0.15) is 11.5 Å². The van der Waals surface area contributed by atoms with Gasteiger partial charge >= 0.3 is 7.60 Å². The molecule has 1 rings (SSSR count). The molecular formula is C16H29O4P. The van der Waals surface area contributed by atoms with E-state index in [1.54, 1.807) is 0 Å². The molecule has 1 heterocycles. The molecule has 122 valence electrons. The van der Waals surface area contributed by atoms with Gasteiger partial charge in [0.15, 0.2) is 0 Å². The van der Waals surface area contributed by atoms with Crippen LogP contribution in [0.2, 0.25) is 0 Å². The van der Waals surface area contributed by atoms with Gasteiger partial charge in [-0.15, -0.1) is 0 Å². The summed E-state index contributed by atoms with van der Waals surface area (Å²) in [6.45, 7) is 9.04. The van der Waals surface area contributed by atoms with Crippen molar-refractivity contribution in [2.24, 2.45) is 0 Å². The quantitative estimate of drug-likeness (QED) is 0.412. The van der Waals surface area contributed by atoms with E-state index in [9.17, 15) is 4.57 Å². The van der Waals surface area contributed by atoms with Crippen LogP contribution in [-0.2, 0) is 20.0 Å². The number of unbranched alkanes of at least 4 members (excludes halogenated alkanes) is 2. The highest BCUT2D eigenvalue weighted by molar-refractivity contribution is 7.53. The van der Waals surface area contributed by atoms with E-state index in [1.165, 1.54) is 0 Å². The van der Waals surface area contributed by atoms with E-state index in [1.807, 2.05) is 19.9 Å². The summed E-state index contributed by atoms with van der Waals surface area (Å²) in [7, 11) is -3.00. The molecule has 21 heavy (non-hydrogen) atoms. The average molecular weight is 316 g/mol. The van der Waals surface area contributed by atoms with Crippen molar-refractivity contribution in [2.45, 2.75) is 59.8 Å². The number of rotatable bonds is 11. The van der Waals surface area contributed by atoms with Gasteiger partial charge in [0.2, 0.25) is 0 Å². The maximum atomic E-state index is 12.8. The molecule has 0 unspecified atom stereocenters. The largest absolute Gasteiger partial charge is 0.466 e. The molecule has 0 aliphatic carbocycles. The van der Waals surface area contributed by atoms with Crippen LogP contribution in [-0.4, -0.2) is 19.4 Å². The highest BCUT2D eigenvalue weighted by Gasteiger charge is 2.25. The fourth-order valence-electron chi connectivity index (χ4n) is 2.05. The first-order valence-corrected chi connectivity index (χ1v) is 9.67. The third-order valence-electron chi connectivity index (χ3n) is 3.37. The van der Waals surface area contributed by atoms with Crippen LogP contribution < -0.4 is 0 Å². The predicted molar refractivity (Wildman–Crippen MR) is 86.1 cm³/mol. The lowest BCUT2D eigenvalue weighted by molar-refractivity contribution is 0.200. The van der Waals surface area contributed by atoms with Gasteiger partial charge in [0.05, 0.1) is 19.4 Å². The zero-order chi connectivity index (χ0) is 15.7. The Kier molecular flexibility index (Phi) is 8.31. The van der Waals surface area contributed by atoms with Crippen molar-refractivity contribution in [3.05, 3.63) is 23.2 Å². The molecule has 0 atom stereocenters. The van der Waals surface area contributed by atoms with Crippen molar-refractivity contribution in [1.82, 2.24) is 0 Å². The Morgan fingerprint density at radius 3 is 2.10 bits per heavy atom. The molecule has 4 nitrogen and oxygen atoms in total. The maximum Gasteiger partial charge on any atom is 0.331 e. The molecule has 0 saturated carbocycles. The summed E-state index contributed by atoms with van der Waals surface area (Å²) in [5, 5.41) is 0. The Bertz CT molecular complexity index is 439. The van der Waals surface area contributed by atoms with Crippen molar-refractivity contribution in [1.29, 1.82) is 0 Å². The van der Waals surface area contributed by atoms with Crippen LogP contribution in [0.5, 0.6) is 0 Å². The SMILES string of the molecule is CCCCOP(=O)(CCc1cc(C)oc1C)OCCCC. The summed E-state index contributed by atoms with van der Waals surface area (Å²) in [6, 6.07) is 2.00. The highest BCUT2D eigenvalue weighted by atomic mass is 31.2. The van der Waals surface area contributed by atoms with E-state index >= 15 is 0 Å². The molecule has 0 bridgehead atoms. The van der Waals surface area contributed by atoms with E-state index < -0.39 is 7.60 Å². The summed E-state index contributed by atoms with van der Waals surface area (Å²) < 4.78 is 29.5. The Labute approximate surface area is 128 Å². The Morgan fingerprint density at radius 1 is 1.10 bits per heavy atom. The molecule has 5 heteroatoms. The third kappa shape index (κ3) is 6.82. The molecule has 0 amide bonds. The van der Waals surface area contributed by atoms with Gasteiger partial charge in [0, 0.05) is 0 Å². The molecule has 0 aliphatic rings. The minimum absolute atomic E-state index is 0.417. The van der Waals surface area contributed by atoms with Crippen LogP contribution in [0, 0.1) is 13.8 Å². The lowest BCUT2D eigenvalue weighted by atomic mass is 10.2. The van der Waals surface area contributed by atoms with Crippen molar-refractivity contribution < 1.29 is 18.0 Å². The summed E-state index contributed by atoms with van der Waals surface area (Å²) in [5.41, 5.74) is 1.09. The molecule has 0 radical (unpaired) electrons. The monoisotopic (exact) mass is 316 g/mol. The van der Waals surface area contributed by atoms with Crippen LogP contribution in [0.3, 0.4) is 0 Å². The molecular weight excluding hydrogens is 287 g/mol. The number of hydrogen-bond donors (Lipinski definition) is 0. The fourth-order valence-corrected chi connectivity index (χ4v) is 3.71. The first-order chi connectivity index (χ1) is 10.0. The molecule has 0 aliphatic heterocycles. The van der Waals surface area contributed by atoms with E-state index in [2.05, 4.69) is 13.8 Å². The van der Waals surface area contributed by atoms with Gasteiger partial charge in [-0.2, -0.15) is 0 Å². The number of aryl methyl sites for hydroxylation is 3. The van der Waals surface area contributed by atoms with Crippen molar-refractivity contribution in [2.75, 3.05) is 19.4 Å². The lowest BCUT2D eigenvalue weighted by Crippen LogP contribution is -2.05.